The number of hydrogen-bond donors (Lipinski definition) is 1. The van der Waals surface area contributed by atoms with Gasteiger partial charge in [0.1, 0.15) is 17.7 Å². The van der Waals surface area contributed by atoms with Crippen LogP contribution in [0, 0.1) is 5.82 Å². The van der Waals surface area contributed by atoms with Gasteiger partial charge in [0.15, 0.2) is 0 Å². The standard InChI is InChI=1S/C16H24FNO2/c1-11(18)8-12-9-13(17)6-7-16(12)20-15-5-3-4-14(10-15)19-2/h6-7,9,11,14-15H,3-5,8,10,18H2,1-2H3. The molecule has 2 N–H and O–H groups in total. The Balaban J connectivity index is 2.07. The van der Waals surface area contributed by atoms with E-state index in [4.69, 9.17) is 15.2 Å². The Hall–Kier alpha value is -1.13. The molecule has 1 fully saturated rings. The quantitative estimate of drug-likeness (QED) is 0.902. The van der Waals surface area contributed by atoms with Crippen molar-refractivity contribution < 1.29 is 13.9 Å². The molecule has 0 bridgehead atoms. The molecule has 4 heteroatoms. The highest BCUT2D eigenvalue weighted by atomic mass is 19.1. The molecule has 0 spiro atoms. The lowest BCUT2D eigenvalue weighted by Crippen LogP contribution is -2.30. The van der Waals surface area contributed by atoms with Crippen molar-refractivity contribution in [3.05, 3.63) is 29.6 Å². The number of nitrogens with two attached hydrogens (primary N) is 1. The Morgan fingerprint density at radius 3 is 2.80 bits per heavy atom. The zero-order valence-electron chi connectivity index (χ0n) is 12.3. The van der Waals surface area contributed by atoms with Crippen molar-refractivity contribution in [3.8, 4) is 5.75 Å². The summed E-state index contributed by atoms with van der Waals surface area (Å²) >= 11 is 0. The largest absolute Gasteiger partial charge is 0.490 e. The van der Waals surface area contributed by atoms with Crippen molar-refractivity contribution in [1.29, 1.82) is 0 Å². The maximum atomic E-state index is 13.4. The molecule has 1 aromatic rings. The number of benzene rings is 1. The SMILES string of the molecule is COC1CCCC(Oc2ccc(F)cc2CC(C)N)C1. The maximum absolute atomic E-state index is 13.4. The van der Waals surface area contributed by atoms with E-state index in [1.165, 1.54) is 12.1 Å². The van der Waals surface area contributed by atoms with Crippen LogP contribution in [0.5, 0.6) is 5.75 Å². The molecule has 2 rings (SSSR count). The summed E-state index contributed by atoms with van der Waals surface area (Å²) in [5, 5.41) is 0. The minimum atomic E-state index is -0.244. The van der Waals surface area contributed by atoms with Crippen molar-refractivity contribution in [2.24, 2.45) is 5.73 Å². The van der Waals surface area contributed by atoms with E-state index in [2.05, 4.69) is 0 Å². The summed E-state index contributed by atoms with van der Waals surface area (Å²) in [6.45, 7) is 1.91. The number of halogens is 1. The summed E-state index contributed by atoms with van der Waals surface area (Å²) < 4.78 is 24.9. The number of ether oxygens (including phenoxy) is 2. The van der Waals surface area contributed by atoms with Crippen LogP contribution >= 0.6 is 0 Å². The minimum absolute atomic E-state index is 0.0165. The van der Waals surface area contributed by atoms with Crippen LogP contribution in [-0.4, -0.2) is 25.4 Å². The van der Waals surface area contributed by atoms with Crippen molar-refractivity contribution in [3.63, 3.8) is 0 Å². The smallest absolute Gasteiger partial charge is 0.123 e. The van der Waals surface area contributed by atoms with Crippen LogP contribution in [0.1, 0.15) is 38.2 Å². The summed E-state index contributed by atoms with van der Waals surface area (Å²) in [5.41, 5.74) is 6.67. The van der Waals surface area contributed by atoms with E-state index in [9.17, 15) is 4.39 Å². The Kier molecular flexibility index (Phi) is 5.38. The van der Waals surface area contributed by atoms with Gasteiger partial charge in [-0.2, -0.15) is 0 Å². The molecule has 0 radical (unpaired) electrons. The van der Waals surface area contributed by atoms with E-state index in [-0.39, 0.29) is 24.1 Å². The molecule has 0 aromatic heterocycles. The maximum Gasteiger partial charge on any atom is 0.123 e. The van der Waals surface area contributed by atoms with Gasteiger partial charge in [-0.3, -0.25) is 0 Å². The summed E-state index contributed by atoms with van der Waals surface area (Å²) in [5.74, 6) is 0.511. The molecule has 0 saturated heterocycles. The second-order valence-corrected chi connectivity index (χ2v) is 5.70. The molecule has 0 aliphatic heterocycles. The lowest BCUT2D eigenvalue weighted by molar-refractivity contribution is 0.0206. The Morgan fingerprint density at radius 1 is 1.35 bits per heavy atom. The van der Waals surface area contributed by atoms with Gasteiger partial charge >= 0.3 is 0 Å². The fraction of sp³-hybridized carbons (Fsp3) is 0.625. The van der Waals surface area contributed by atoms with E-state index < -0.39 is 0 Å². The lowest BCUT2D eigenvalue weighted by Gasteiger charge is -2.29. The van der Waals surface area contributed by atoms with Crippen LogP contribution in [0.2, 0.25) is 0 Å². The van der Waals surface area contributed by atoms with Gasteiger partial charge < -0.3 is 15.2 Å². The van der Waals surface area contributed by atoms with Crippen LogP contribution in [0.4, 0.5) is 4.39 Å². The first kappa shape index (κ1) is 15.3. The fourth-order valence-corrected chi connectivity index (χ4v) is 2.77. The first-order valence-electron chi connectivity index (χ1n) is 7.32. The predicted molar refractivity (Wildman–Crippen MR) is 77.4 cm³/mol. The third kappa shape index (κ3) is 4.18. The topological polar surface area (TPSA) is 44.5 Å². The van der Waals surface area contributed by atoms with Crippen LogP contribution in [-0.2, 0) is 11.2 Å². The van der Waals surface area contributed by atoms with E-state index in [0.29, 0.717) is 6.42 Å². The van der Waals surface area contributed by atoms with Gasteiger partial charge in [-0.25, -0.2) is 4.39 Å². The van der Waals surface area contributed by atoms with E-state index in [1.54, 1.807) is 13.2 Å². The monoisotopic (exact) mass is 281 g/mol. The predicted octanol–water partition coefficient (Wildman–Crippen LogP) is 3.05. The van der Waals surface area contributed by atoms with Gasteiger partial charge in [-0.05, 0) is 56.4 Å². The highest BCUT2D eigenvalue weighted by Gasteiger charge is 2.23. The molecule has 1 aromatic carbocycles. The highest BCUT2D eigenvalue weighted by Crippen LogP contribution is 2.28. The molecule has 3 atom stereocenters. The zero-order chi connectivity index (χ0) is 14.5. The van der Waals surface area contributed by atoms with Crippen molar-refractivity contribution >= 4 is 0 Å². The van der Waals surface area contributed by atoms with Gasteiger partial charge in [0.25, 0.3) is 0 Å². The molecule has 0 amide bonds. The molecular weight excluding hydrogens is 257 g/mol. The highest BCUT2D eigenvalue weighted by molar-refractivity contribution is 5.34. The molecule has 112 valence electrons. The summed E-state index contributed by atoms with van der Waals surface area (Å²) in [6, 6.07) is 4.66. The van der Waals surface area contributed by atoms with Gasteiger partial charge in [0.2, 0.25) is 0 Å². The zero-order valence-corrected chi connectivity index (χ0v) is 12.3. The van der Waals surface area contributed by atoms with Crippen molar-refractivity contribution in [2.45, 2.75) is 57.3 Å². The lowest BCUT2D eigenvalue weighted by atomic mass is 9.94. The molecular formula is C16H24FNO2. The van der Waals surface area contributed by atoms with Crippen LogP contribution in [0.25, 0.3) is 0 Å². The molecule has 3 unspecified atom stereocenters. The fourth-order valence-electron chi connectivity index (χ4n) is 2.77. The molecule has 20 heavy (non-hydrogen) atoms. The minimum Gasteiger partial charge on any atom is -0.490 e. The molecule has 1 aliphatic carbocycles. The average Bonchev–Trinajstić information content (AvgIpc) is 2.41. The van der Waals surface area contributed by atoms with Crippen molar-refractivity contribution in [2.75, 3.05) is 7.11 Å². The Morgan fingerprint density at radius 2 is 2.10 bits per heavy atom. The van der Waals surface area contributed by atoms with Gasteiger partial charge in [0.05, 0.1) is 6.10 Å². The number of rotatable bonds is 5. The molecule has 3 nitrogen and oxygen atoms in total. The Labute approximate surface area is 120 Å². The molecule has 0 heterocycles. The second-order valence-electron chi connectivity index (χ2n) is 5.70. The van der Waals surface area contributed by atoms with Crippen LogP contribution < -0.4 is 10.5 Å². The van der Waals surface area contributed by atoms with Gasteiger partial charge in [-0.1, -0.05) is 0 Å². The number of hydrogen-bond acceptors (Lipinski definition) is 3. The molecule has 1 aliphatic rings. The van der Waals surface area contributed by atoms with E-state index >= 15 is 0 Å². The van der Waals surface area contributed by atoms with Gasteiger partial charge in [-0.15, -0.1) is 0 Å². The summed E-state index contributed by atoms with van der Waals surface area (Å²) in [7, 11) is 1.74. The normalized spacial score (nSPS) is 24.4. The van der Waals surface area contributed by atoms with Crippen LogP contribution in [0.3, 0.4) is 0 Å². The first-order valence-corrected chi connectivity index (χ1v) is 7.32. The number of methoxy groups -OCH3 is 1. The molecule has 1 saturated carbocycles. The third-order valence-electron chi connectivity index (χ3n) is 3.77. The van der Waals surface area contributed by atoms with E-state index in [0.717, 1.165) is 37.0 Å². The van der Waals surface area contributed by atoms with Crippen molar-refractivity contribution in [1.82, 2.24) is 0 Å². The second kappa shape index (κ2) is 7.04. The average molecular weight is 281 g/mol. The van der Waals surface area contributed by atoms with Crippen LogP contribution in [0.15, 0.2) is 18.2 Å². The summed E-state index contributed by atoms with van der Waals surface area (Å²) in [4.78, 5) is 0. The van der Waals surface area contributed by atoms with Gasteiger partial charge in [0, 0.05) is 19.6 Å². The summed E-state index contributed by atoms with van der Waals surface area (Å²) in [6.07, 6.45) is 5.14. The Bertz CT molecular complexity index is 436. The first-order chi connectivity index (χ1) is 9.58. The van der Waals surface area contributed by atoms with E-state index in [1.807, 2.05) is 6.92 Å². The third-order valence-corrected chi connectivity index (χ3v) is 3.77.